The average molecular weight is 595 g/mol. The van der Waals surface area contributed by atoms with Gasteiger partial charge in [-0.2, -0.15) is 4.80 Å². The number of thiophene rings is 1. The second-order valence-electron chi connectivity index (χ2n) is 9.73. The number of carbonyl (C=O) groups excluding carboxylic acids is 2. The predicted octanol–water partition coefficient (Wildman–Crippen LogP) is 4.90. The van der Waals surface area contributed by atoms with Crippen LogP contribution in [0.15, 0.2) is 60.0 Å². The maximum Gasteiger partial charge on any atom is 0.248 e. The van der Waals surface area contributed by atoms with Gasteiger partial charge in [0.2, 0.25) is 17.6 Å². The first kappa shape index (κ1) is 28.6. The molecule has 12 heteroatoms. The molecule has 0 saturated heterocycles. The van der Waals surface area contributed by atoms with Gasteiger partial charge in [-0.15, -0.1) is 21.5 Å². The molecule has 1 saturated carbocycles. The molecule has 1 N–H and O–H groups in total. The van der Waals surface area contributed by atoms with Gasteiger partial charge >= 0.3 is 0 Å². The van der Waals surface area contributed by atoms with Crippen LogP contribution in [0, 0.1) is 0 Å². The van der Waals surface area contributed by atoms with Crippen molar-refractivity contribution in [2.45, 2.75) is 50.9 Å². The molecule has 0 radical (unpaired) electrons. The van der Waals surface area contributed by atoms with Crippen molar-refractivity contribution in [1.82, 2.24) is 30.4 Å². The summed E-state index contributed by atoms with van der Waals surface area (Å²) >= 11 is 7.93. The Morgan fingerprint density at radius 3 is 2.59 bits per heavy atom. The fraction of sp³-hybridized carbons (Fsp3) is 0.345. The third kappa shape index (κ3) is 6.68. The molecule has 41 heavy (non-hydrogen) atoms. The van der Waals surface area contributed by atoms with E-state index in [1.54, 1.807) is 43.4 Å². The molecule has 4 aromatic rings. The lowest BCUT2D eigenvalue weighted by Gasteiger charge is -2.31. The third-order valence-corrected chi connectivity index (χ3v) is 8.36. The van der Waals surface area contributed by atoms with Crippen molar-refractivity contribution in [2.24, 2.45) is 0 Å². The largest absolute Gasteiger partial charge is 0.493 e. The van der Waals surface area contributed by atoms with Crippen molar-refractivity contribution in [1.29, 1.82) is 0 Å². The number of hydrogen-bond acceptors (Lipinski definition) is 8. The van der Waals surface area contributed by atoms with Crippen LogP contribution in [-0.4, -0.2) is 57.2 Å². The minimum atomic E-state index is -0.840. The number of carbonyl (C=O) groups is 2. The van der Waals surface area contributed by atoms with E-state index in [-0.39, 0.29) is 30.9 Å². The molecule has 0 aliphatic heterocycles. The van der Waals surface area contributed by atoms with Gasteiger partial charge in [-0.3, -0.25) is 9.59 Å². The molecule has 0 unspecified atom stereocenters. The van der Waals surface area contributed by atoms with E-state index in [4.69, 9.17) is 21.1 Å². The highest BCUT2D eigenvalue weighted by Gasteiger charge is 2.34. The molecule has 1 aliphatic rings. The number of halogens is 1. The number of nitrogens with zero attached hydrogens (tertiary/aromatic N) is 5. The molecule has 2 amide bonds. The first-order valence-corrected chi connectivity index (χ1v) is 14.6. The van der Waals surface area contributed by atoms with E-state index in [1.165, 1.54) is 16.1 Å². The second kappa shape index (κ2) is 13.1. The zero-order valence-corrected chi connectivity index (χ0v) is 24.4. The molecular weight excluding hydrogens is 564 g/mol. The molecular formula is C29H31ClN6O4S. The van der Waals surface area contributed by atoms with Crippen molar-refractivity contribution in [3.8, 4) is 22.9 Å². The van der Waals surface area contributed by atoms with Crippen LogP contribution in [0.25, 0.3) is 11.4 Å². The smallest absolute Gasteiger partial charge is 0.248 e. The van der Waals surface area contributed by atoms with E-state index in [0.29, 0.717) is 27.9 Å². The highest BCUT2D eigenvalue weighted by atomic mass is 35.5. The molecule has 1 aliphatic carbocycles. The Kier molecular flexibility index (Phi) is 9.15. The molecule has 5 rings (SSSR count). The Hall–Kier alpha value is -3.96. The zero-order valence-electron chi connectivity index (χ0n) is 22.8. The van der Waals surface area contributed by atoms with E-state index in [0.717, 1.165) is 36.1 Å². The number of ether oxygens (including phenoxy) is 2. The average Bonchev–Trinajstić information content (AvgIpc) is 3.77. The van der Waals surface area contributed by atoms with Crippen LogP contribution in [-0.2, 0) is 22.7 Å². The van der Waals surface area contributed by atoms with E-state index in [9.17, 15) is 9.59 Å². The van der Waals surface area contributed by atoms with Crippen LogP contribution in [0.1, 0.15) is 42.2 Å². The van der Waals surface area contributed by atoms with Crippen LogP contribution >= 0.6 is 22.9 Å². The molecule has 10 nitrogen and oxygen atoms in total. The van der Waals surface area contributed by atoms with Gasteiger partial charge < -0.3 is 19.7 Å². The van der Waals surface area contributed by atoms with Crippen molar-refractivity contribution >= 4 is 34.8 Å². The van der Waals surface area contributed by atoms with Gasteiger partial charge in [0.1, 0.15) is 12.6 Å². The van der Waals surface area contributed by atoms with Crippen LogP contribution in [0.5, 0.6) is 11.5 Å². The summed E-state index contributed by atoms with van der Waals surface area (Å²) in [4.78, 5) is 31.3. The summed E-state index contributed by atoms with van der Waals surface area (Å²) < 4.78 is 10.7. The number of tetrazole rings is 1. The summed E-state index contributed by atoms with van der Waals surface area (Å²) in [6, 6.07) is 15.6. The molecule has 2 aromatic heterocycles. The van der Waals surface area contributed by atoms with Gasteiger partial charge in [0.05, 0.1) is 14.2 Å². The minimum absolute atomic E-state index is 0.100. The summed E-state index contributed by atoms with van der Waals surface area (Å²) in [6.07, 6.45) is 4.03. The van der Waals surface area contributed by atoms with Crippen LogP contribution in [0.4, 0.5) is 0 Å². The third-order valence-electron chi connectivity index (χ3n) is 7.06. The predicted molar refractivity (Wildman–Crippen MR) is 156 cm³/mol. The van der Waals surface area contributed by atoms with Crippen LogP contribution < -0.4 is 14.8 Å². The van der Waals surface area contributed by atoms with E-state index in [1.807, 2.05) is 35.7 Å². The van der Waals surface area contributed by atoms with E-state index < -0.39 is 6.04 Å². The van der Waals surface area contributed by atoms with Crippen LogP contribution in [0.2, 0.25) is 5.02 Å². The van der Waals surface area contributed by atoms with Crippen LogP contribution in [0.3, 0.4) is 0 Å². The quantitative estimate of drug-likeness (QED) is 0.263. The SMILES string of the molecule is COc1ccc(-c2nnn(CC(=O)N(Cc3ccccc3Cl)[C@H](C(=O)NC3CCCC3)c3cccs3)n2)cc1OC. The number of hydrogen-bond donors (Lipinski definition) is 1. The minimum Gasteiger partial charge on any atom is -0.493 e. The fourth-order valence-electron chi connectivity index (χ4n) is 4.97. The number of amides is 2. The zero-order chi connectivity index (χ0) is 28.8. The number of rotatable bonds is 11. The van der Waals surface area contributed by atoms with Crippen molar-refractivity contribution in [3.05, 3.63) is 75.4 Å². The van der Waals surface area contributed by atoms with Crippen molar-refractivity contribution < 1.29 is 19.1 Å². The van der Waals surface area contributed by atoms with Gasteiger partial charge in [0.25, 0.3) is 0 Å². The molecule has 0 spiro atoms. The first-order valence-electron chi connectivity index (χ1n) is 13.3. The lowest BCUT2D eigenvalue weighted by molar-refractivity contribution is -0.142. The molecule has 1 atom stereocenters. The number of methoxy groups -OCH3 is 2. The Balaban J connectivity index is 1.44. The Bertz CT molecular complexity index is 1490. The summed E-state index contributed by atoms with van der Waals surface area (Å²) in [5.41, 5.74) is 1.39. The summed E-state index contributed by atoms with van der Waals surface area (Å²) in [5, 5.41) is 18.3. The lowest BCUT2D eigenvalue weighted by Crippen LogP contribution is -2.46. The van der Waals surface area contributed by atoms with Gasteiger partial charge in [-0.05, 0) is 59.3 Å². The normalized spacial score (nSPS) is 14.0. The highest BCUT2D eigenvalue weighted by Crippen LogP contribution is 2.32. The standard InChI is InChI=1S/C29H31ClN6O4S/c1-39-23-14-13-19(16-24(23)40-2)28-32-34-36(33-28)18-26(37)35(17-20-8-3-6-11-22(20)30)27(25-12-7-15-41-25)29(38)31-21-9-4-5-10-21/h3,6-8,11-16,21,27H,4-5,9-10,17-18H2,1-2H3,(H,31,38)/t27-/m0/s1. The molecule has 2 aromatic carbocycles. The maximum atomic E-state index is 14.0. The monoisotopic (exact) mass is 594 g/mol. The topological polar surface area (TPSA) is 111 Å². The number of nitrogens with one attached hydrogen (secondary N) is 1. The maximum absolute atomic E-state index is 14.0. The summed E-state index contributed by atoms with van der Waals surface area (Å²) in [5.74, 6) is 0.864. The van der Waals surface area contributed by atoms with Gasteiger partial charge in [-0.1, -0.05) is 48.7 Å². The van der Waals surface area contributed by atoms with Crippen molar-refractivity contribution in [3.63, 3.8) is 0 Å². The van der Waals surface area contributed by atoms with E-state index >= 15 is 0 Å². The lowest BCUT2D eigenvalue weighted by atomic mass is 10.1. The van der Waals surface area contributed by atoms with Gasteiger partial charge in [0.15, 0.2) is 11.5 Å². The van der Waals surface area contributed by atoms with Crippen molar-refractivity contribution in [2.75, 3.05) is 14.2 Å². The molecule has 2 heterocycles. The van der Waals surface area contributed by atoms with E-state index in [2.05, 4.69) is 20.7 Å². The molecule has 1 fully saturated rings. The number of benzene rings is 2. The molecule has 214 valence electrons. The van der Waals surface area contributed by atoms with Gasteiger partial charge in [0, 0.05) is 28.0 Å². The Morgan fingerprint density at radius 2 is 1.88 bits per heavy atom. The van der Waals surface area contributed by atoms with Gasteiger partial charge in [-0.25, -0.2) is 0 Å². The first-order chi connectivity index (χ1) is 20.0. The Morgan fingerprint density at radius 1 is 1.10 bits per heavy atom. The number of aromatic nitrogens is 4. The fourth-order valence-corrected chi connectivity index (χ4v) is 6.00. The molecule has 0 bridgehead atoms. The summed E-state index contributed by atoms with van der Waals surface area (Å²) in [6.45, 7) is -0.0836. The second-order valence-corrected chi connectivity index (χ2v) is 11.1. The Labute approximate surface area is 247 Å². The summed E-state index contributed by atoms with van der Waals surface area (Å²) in [7, 11) is 3.11. The highest BCUT2D eigenvalue weighted by molar-refractivity contribution is 7.10.